The smallest absolute Gasteiger partial charge is 0.324 e. The first-order valence-corrected chi connectivity index (χ1v) is 6.76. The third-order valence-corrected chi connectivity index (χ3v) is 3.43. The van der Waals surface area contributed by atoms with E-state index in [9.17, 15) is 18.4 Å². The summed E-state index contributed by atoms with van der Waals surface area (Å²) in [6.45, 7) is 1.76. The second kappa shape index (κ2) is 6.17. The van der Waals surface area contributed by atoms with Crippen molar-refractivity contribution in [3.05, 3.63) is 35.4 Å². The van der Waals surface area contributed by atoms with Crippen LogP contribution in [0.15, 0.2) is 18.2 Å². The van der Waals surface area contributed by atoms with Crippen LogP contribution in [0.5, 0.6) is 0 Å². The van der Waals surface area contributed by atoms with Crippen LogP contribution in [0.3, 0.4) is 0 Å². The summed E-state index contributed by atoms with van der Waals surface area (Å²) in [5.74, 6) is -1.86. The van der Waals surface area contributed by atoms with Gasteiger partial charge in [-0.2, -0.15) is 0 Å². The fourth-order valence-corrected chi connectivity index (χ4v) is 2.33. The van der Waals surface area contributed by atoms with E-state index in [0.717, 1.165) is 23.5 Å². The lowest BCUT2D eigenvalue weighted by Crippen LogP contribution is -2.38. The van der Waals surface area contributed by atoms with Crippen LogP contribution in [-0.4, -0.2) is 29.4 Å². The third kappa shape index (κ3) is 3.18. The van der Waals surface area contributed by atoms with Gasteiger partial charge in [0.25, 0.3) is 5.91 Å². The topological polar surface area (TPSA) is 75.4 Å². The van der Waals surface area contributed by atoms with Crippen molar-refractivity contribution in [2.45, 2.75) is 31.8 Å². The Morgan fingerprint density at radius 3 is 2.71 bits per heavy atom. The summed E-state index contributed by atoms with van der Waals surface area (Å²) < 4.78 is 26.5. The Labute approximate surface area is 121 Å². The van der Waals surface area contributed by atoms with Crippen LogP contribution in [-0.2, 0) is 4.79 Å². The molecule has 3 amide bonds. The van der Waals surface area contributed by atoms with E-state index < -0.39 is 29.7 Å². The van der Waals surface area contributed by atoms with Gasteiger partial charge in [0.2, 0.25) is 0 Å². The zero-order valence-corrected chi connectivity index (χ0v) is 11.6. The number of halogens is 2. The van der Waals surface area contributed by atoms with Crippen molar-refractivity contribution >= 4 is 11.9 Å². The van der Waals surface area contributed by atoms with Gasteiger partial charge in [-0.15, -0.1) is 0 Å². The van der Waals surface area contributed by atoms with Gasteiger partial charge in [-0.1, -0.05) is 19.4 Å². The van der Waals surface area contributed by atoms with E-state index in [1.807, 2.05) is 6.92 Å². The summed E-state index contributed by atoms with van der Waals surface area (Å²) in [4.78, 5) is 24.8. The van der Waals surface area contributed by atoms with Crippen LogP contribution < -0.4 is 11.1 Å². The number of urea groups is 1. The molecule has 114 valence electrons. The molecule has 1 aromatic carbocycles. The summed E-state index contributed by atoms with van der Waals surface area (Å²) in [7, 11) is 0. The van der Waals surface area contributed by atoms with Gasteiger partial charge in [-0.3, -0.25) is 9.69 Å². The summed E-state index contributed by atoms with van der Waals surface area (Å²) in [6.07, 6.45) is 1.30. The van der Waals surface area contributed by atoms with Crippen molar-refractivity contribution in [1.82, 2.24) is 10.2 Å². The van der Waals surface area contributed by atoms with E-state index in [1.165, 1.54) is 6.07 Å². The minimum Gasteiger partial charge on any atom is -0.326 e. The predicted molar refractivity (Wildman–Crippen MR) is 72.2 cm³/mol. The monoisotopic (exact) mass is 297 g/mol. The van der Waals surface area contributed by atoms with Crippen LogP contribution in [0.4, 0.5) is 13.6 Å². The number of carbonyl (C=O) groups excluding carboxylic acids is 2. The maximum atomic E-state index is 13.6. The average molecular weight is 297 g/mol. The molecule has 0 radical (unpaired) electrons. The number of rotatable bonds is 5. The molecule has 7 heteroatoms. The largest absolute Gasteiger partial charge is 0.326 e. The minimum absolute atomic E-state index is 0.0657. The lowest BCUT2D eigenvalue weighted by atomic mass is 10.1. The molecule has 5 nitrogen and oxygen atoms in total. The zero-order chi connectivity index (χ0) is 15.6. The highest BCUT2D eigenvalue weighted by Crippen LogP contribution is 2.20. The molecule has 3 N–H and O–H groups in total. The fraction of sp³-hybridized carbons (Fsp3) is 0.429. The van der Waals surface area contributed by atoms with Crippen LogP contribution in [0.1, 0.15) is 31.4 Å². The van der Waals surface area contributed by atoms with Gasteiger partial charge in [0.1, 0.15) is 17.7 Å². The van der Waals surface area contributed by atoms with Gasteiger partial charge in [0.15, 0.2) is 0 Å². The molecule has 2 rings (SSSR count). The molecule has 1 fully saturated rings. The first kappa shape index (κ1) is 15.4. The normalized spacial score (nSPS) is 19.8. The van der Waals surface area contributed by atoms with Gasteiger partial charge in [-0.25, -0.2) is 13.6 Å². The molecule has 1 heterocycles. The van der Waals surface area contributed by atoms with Gasteiger partial charge < -0.3 is 11.1 Å². The second-order valence-electron chi connectivity index (χ2n) is 5.01. The van der Waals surface area contributed by atoms with Crippen LogP contribution in [0, 0.1) is 11.6 Å². The maximum Gasteiger partial charge on any atom is 0.324 e. The lowest BCUT2D eigenvalue weighted by Gasteiger charge is -2.19. The number of nitrogens with one attached hydrogen (secondary N) is 1. The Kier molecular flexibility index (Phi) is 4.52. The maximum absolute atomic E-state index is 13.6. The Bertz CT molecular complexity index is 565. The number of imide groups is 1. The number of carbonyl (C=O) groups is 2. The summed E-state index contributed by atoms with van der Waals surface area (Å²) >= 11 is 0. The highest BCUT2D eigenvalue weighted by Gasteiger charge is 2.38. The molecular formula is C14H17F2N3O2. The molecule has 0 saturated carbocycles. The Balaban J connectivity index is 2.10. The molecule has 1 aromatic rings. The number of hydrogen-bond donors (Lipinski definition) is 2. The van der Waals surface area contributed by atoms with Crippen molar-refractivity contribution in [2.24, 2.45) is 5.73 Å². The quantitative estimate of drug-likeness (QED) is 0.812. The van der Waals surface area contributed by atoms with E-state index in [0.29, 0.717) is 6.42 Å². The fourth-order valence-electron chi connectivity index (χ4n) is 2.33. The van der Waals surface area contributed by atoms with E-state index in [2.05, 4.69) is 5.32 Å². The molecule has 2 atom stereocenters. The Morgan fingerprint density at radius 2 is 2.10 bits per heavy atom. The molecule has 0 aliphatic carbocycles. The first-order chi connectivity index (χ1) is 9.93. The molecule has 21 heavy (non-hydrogen) atoms. The molecule has 1 aliphatic heterocycles. The molecule has 0 bridgehead atoms. The molecule has 2 unspecified atom stereocenters. The van der Waals surface area contributed by atoms with Crippen molar-refractivity contribution in [2.75, 3.05) is 6.54 Å². The Hall–Kier alpha value is -2.02. The van der Waals surface area contributed by atoms with E-state index in [1.54, 1.807) is 0 Å². The number of benzene rings is 1. The summed E-state index contributed by atoms with van der Waals surface area (Å²) in [5, 5.41) is 2.56. The van der Waals surface area contributed by atoms with Crippen molar-refractivity contribution in [3.63, 3.8) is 0 Å². The highest BCUT2D eigenvalue weighted by atomic mass is 19.1. The zero-order valence-electron chi connectivity index (χ0n) is 11.6. The summed E-state index contributed by atoms with van der Waals surface area (Å²) in [5.41, 5.74) is 5.90. The van der Waals surface area contributed by atoms with Gasteiger partial charge in [-0.05, 0) is 12.5 Å². The molecule has 0 spiro atoms. The van der Waals surface area contributed by atoms with E-state index in [-0.39, 0.29) is 18.0 Å². The number of nitrogens with zero attached hydrogens (tertiary/aromatic N) is 1. The number of nitrogens with two attached hydrogens (primary N) is 1. The molecule has 1 saturated heterocycles. The van der Waals surface area contributed by atoms with Gasteiger partial charge >= 0.3 is 6.03 Å². The lowest BCUT2D eigenvalue weighted by molar-refractivity contribution is -0.127. The van der Waals surface area contributed by atoms with Gasteiger partial charge in [0.05, 0.1) is 6.04 Å². The highest BCUT2D eigenvalue weighted by molar-refractivity contribution is 6.04. The van der Waals surface area contributed by atoms with Crippen LogP contribution in [0.2, 0.25) is 0 Å². The minimum atomic E-state index is -0.902. The predicted octanol–water partition coefficient (Wildman–Crippen LogP) is 1.69. The standard InChI is InChI=1S/C14H17F2N3O2/c1-2-3-12-13(20)19(14(21)18-12)7-11(17)9-5-4-8(15)6-10(9)16/h4-6,11-12H,2-3,7,17H2,1H3,(H,18,21). The second-order valence-corrected chi connectivity index (χ2v) is 5.01. The van der Waals surface area contributed by atoms with E-state index in [4.69, 9.17) is 5.73 Å². The number of amides is 3. The number of hydrogen-bond acceptors (Lipinski definition) is 3. The van der Waals surface area contributed by atoms with Crippen molar-refractivity contribution in [3.8, 4) is 0 Å². The van der Waals surface area contributed by atoms with Gasteiger partial charge in [0, 0.05) is 18.2 Å². The van der Waals surface area contributed by atoms with Crippen LogP contribution >= 0.6 is 0 Å². The van der Waals surface area contributed by atoms with Crippen molar-refractivity contribution in [1.29, 1.82) is 0 Å². The van der Waals surface area contributed by atoms with E-state index >= 15 is 0 Å². The molecular weight excluding hydrogens is 280 g/mol. The Morgan fingerprint density at radius 1 is 1.38 bits per heavy atom. The first-order valence-electron chi connectivity index (χ1n) is 6.76. The molecule has 1 aliphatic rings. The average Bonchev–Trinajstić information content (AvgIpc) is 2.67. The third-order valence-electron chi connectivity index (χ3n) is 3.43. The molecule has 0 aromatic heterocycles. The summed E-state index contributed by atoms with van der Waals surface area (Å²) in [6, 6.07) is 1.05. The van der Waals surface area contributed by atoms with Crippen LogP contribution in [0.25, 0.3) is 0 Å². The SMILES string of the molecule is CCCC1NC(=O)N(CC(N)c2ccc(F)cc2F)C1=O. The van der Waals surface area contributed by atoms with Crippen molar-refractivity contribution < 1.29 is 18.4 Å².